The maximum absolute atomic E-state index is 12.3. The van der Waals surface area contributed by atoms with E-state index >= 15 is 0 Å². The first-order valence-corrected chi connectivity index (χ1v) is 8.00. The third-order valence-corrected chi connectivity index (χ3v) is 3.94. The first-order chi connectivity index (χ1) is 11.5. The molecular formula is C16H26N3O5+. The summed E-state index contributed by atoms with van der Waals surface area (Å²) in [5, 5.41) is 14.0. The average Bonchev–Trinajstić information content (AvgIpc) is 2.60. The second-order valence-electron chi connectivity index (χ2n) is 5.30. The maximum Gasteiger partial charge on any atom is 0.286 e. The zero-order valence-electron chi connectivity index (χ0n) is 14.7. The molecular weight excluding hydrogens is 314 g/mol. The summed E-state index contributed by atoms with van der Waals surface area (Å²) in [6.07, 6.45) is 0.809. The molecule has 0 heterocycles. The van der Waals surface area contributed by atoms with Crippen LogP contribution in [0.25, 0.3) is 0 Å². The molecule has 0 aliphatic heterocycles. The van der Waals surface area contributed by atoms with Crippen molar-refractivity contribution in [2.75, 3.05) is 40.4 Å². The predicted octanol–water partition coefficient (Wildman–Crippen LogP) is 0.657. The van der Waals surface area contributed by atoms with E-state index in [9.17, 15) is 14.9 Å². The molecule has 0 radical (unpaired) electrons. The molecule has 0 fully saturated rings. The SMILES string of the molecule is CC[NH+](CC)CCCNC(=O)c1cc(OC)c(OC)cc1[N+](=O)[O-]. The number of carbonyl (C=O) groups is 1. The highest BCUT2D eigenvalue weighted by Crippen LogP contribution is 2.34. The zero-order chi connectivity index (χ0) is 18.1. The number of nitro benzene ring substituents is 1. The Morgan fingerprint density at radius 1 is 1.21 bits per heavy atom. The Kier molecular flexibility index (Phi) is 7.97. The van der Waals surface area contributed by atoms with Crippen LogP contribution in [-0.4, -0.2) is 51.2 Å². The molecule has 8 heteroatoms. The molecule has 1 aromatic rings. The smallest absolute Gasteiger partial charge is 0.286 e. The Bertz CT molecular complexity index is 573. The molecule has 1 aromatic carbocycles. The van der Waals surface area contributed by atoms with Gasteiger partial charge < -0.3 is 19.7 Å². The van der Waals surface area contributed by atoms with Crippen molar-refractivity contribution in [3.63, 3.8) is 0 Å². The molecule has 0 unspecified atom stereocenters. The molecule has 0 spiro atoms. The minimum absolute atomic E-state index is 0.0344. The van der Waals surface area contributed by atoms with Crippen molar-refractivity contribution in [3.8, 4) is 11.5 Å². The Labute approximate surface area is 141 Å². The number of quaternary nitrogens is 1. The second kappa shape index (κ2) is 9.71. The number of methoxy groups -OCH3 is 2. The van der Waals surface area contributed by atoms with Crippen molar-refractivity contribution in [2.45, 2.75) is 20.3 Å². The molecule has 0 saturated carbocycles. The van der Waals surface area contributed by atoms with Gasteiger partial charge in [-0.25, -0.2) is 0 Å². The Morgan fingerprint density at radius 2 is 1.79 bits per heavy atom. The Balaban J connectivity index is 2.83. The standard InChI is InChI=1S/C16H25N3O5/c1-5-18(6-2)9-7-8-17-16(20)12-10-14(23-3)15(24-4)11-13(12)19(21)22/h10-11H,5-9H2,1-4H3,(H,17,20)/p+1. The number of hydrogen-bond donors (Lipinski definition) is 2. The van der Waals surface area contributed by atoms with E-state index in [1.165, 1.54) is 31.3 Å². The van der Waals surface area contributed by atoms with E-state index in [1.807, 2.05) is 0 Å². The number of hydrogen-bond acceptors (Lipinski definition) is 5. The van der Waals surface area contributed by atoms with Crippen LogP contribution < -0.4 is 19.7 Å². The van der Waals surface area contributed by atoms with Crippen molar-refractivity contribution >= 4 is 11.6 Å². The number of nitrogens with one attached hydrogen (secondary N) is 2. The minimum Gasteiger partial charge on any atom is -0.493 e. The fourth-order valence-electron chi connectivity index (χ4n) is 2.44. The second-order valence-corrected chi connectivity index (χ2v) is 5.30. The molecule has 0 saturated heterocycles. The van der Waals surface area contributed by atoms with Gasteiger partial charge in [-0.2, -0.15) is 0 Å². The van der Waals surface area contributed by atoms with E-state index < -0.39 is 10.8 Å². The molecule has 0 aliphatic rings. The lowest BCUT2D eigenvalue weighted by Crippen LogP contribution is -3.11. The van der Waals surface area contributed by atoms with Crippen molar-refractivity contribution in [1.29, 1.82) is 0 Å². The van der Waals surface area contributed by atoms with E-state index in [-0.39, 0.29) is 22.7 Å². The molecule has 0 aliphatic carbocycles. The fourth-order valence-corrected chi connectivity index (χ4v) is 2.44. The van der Waals surface area contributed by atoms with Gasteiger partial charge in [0.2, 0.25) is 0 Å². The average molecular weight is 340 g/mol. The number of nitrogens with zero attached hydrogens (tertiary/aromatic N) is 1. The Hall–Kier alpha value is -2.35. The van der Waals surface area contributed by atoms with Gasteiger partial charge >= 0.3 is 0 Å². The highest BCUT2D eigenvalue weighted by atomic mass is 16.6. The topological polar surface area (TPSA) is 95.1 Å². The van der Waals surface area contributed by atoms with E-state index in [1.54, 1.807) is 0 Å². The predicted molar refractivity (Wildman–Crippen MR) is 90.1 cm³/mol. The summed E-state index contributed by atoms with van der Waals surface area (Å²) in [6.45, 7) is 7.71. The van der Waals surface area contributed by atoms with E-state index in [0.29, 0.717) is 6.54 Å². The summed E-state index contributed by atoms with van der Waals surface area (Å²) in [7, 11) is 2.80. The minimum atomic E-state index is -0.600. The van der Waals surface area contributed by atoms with E-state index in [4.69, 9.17) is 9.47 Å². The third kappa shape index (κ3) is 5.09. The zero-order valence-corrected chi connectivity index (χ0v) is 14.7. The Morgan fingerprint density at radius 3 is 2.29 bits per heavy atom. The molecule has 8 nitrogen and oxygen atoms in total. The van der Waals surface area contributed by atoms with Gasteiger partial charge in [-0.05, 0) is 13.8 Å². The summed E-state index contributed by atoms with van der Waals surface area (Å²) >= 11 is 0. The van der Waals surface area contributed by atoms with Crippen LogP contribution in [-0.2, 0) is 0 Å². The number of ether oxygens (including phenoxy) is 2. The van der Waals surface area contributed by atoms with Crippen LogP contribution in [0.15, 0.2) is 12.1 Å². The van der Waals surface area contributed by atoms with Crippen LogP contribution in [0, 0.1) is 10.1 Å². The lowest BCUT2D eigenvalue weighted by atomic mass is 10.1. The van der Waals surface area contributed by atoms with Crippen LogP contribution >= 0.6 is 0 Å². The van der Waals surface area contributed by atoms with Crippen molar-refractivity contribution in [3.05, 3.63) is 27.8 Å². The van der Waals surface area contributed by atoms with Gasteiger partial charge in [0.15, 0.2) is 11.5 Å². The monoisotopic (exact) mass is 340 g/mol. The van der Waals surface area contributed by atoms with Crippen LogP contribution in [0.2, 0.25) is 0 Å². The molecule has 0 atom stereocenters. The summed E-state index contributed by atoms with van der Waals surface area (Å²) in [4.78, 5) is 24.4. The summed E-state index contributed by atoms with van der Waals surface area (Å²) < 4.78 is 10.2. The third-order valence-electron chi connectivity index (χ3n) is 3.94. The van der Waals surface area contributed by atoms with Gasteiger partial charge in [0.1, 0.15) is 5.56 Å². The molecule has 24 heavy (non-hydrogen) atoms. The first-order valence-electron chi connectivity index (χ1n) is 8.00. The number of nitro groups is 1. The van der Waals surface area contributed by atoms with E-state index in [2.05, 4.69) is 19.2 Å². The lowest BCUT2D eigenvalue weighted by Gasteiger charge is -2.15. The summed E-state index contributed by atoms with van der Waals surface area (Å²) in [5.41, 5.74) is -0.340. The number of benzene rings is 1. The van der Waals surface area contributed by atoms with Crippen LogP contribution in [0.1, 0.15) is 30.6 Å². The highest BCUT2D eigenvalue weighted by molar-refractivity contribution is 5.99. The van der Waals surface area contributed by atoms with Crippen LogP contribution in [0.3, 0.4) is 0 Å². The molecule has 1 rings (SSSR count). The van der Waals surface area contributed by atoms with Gasteiger partial charge in [-0.3, -0.25) is 14.9 Å². The highest BCUT2D eigenvalue weighted by Gasteiger charge is 2.24. The maximum atomic E-state index is 12.3. The van der Waals surface area contributed by atoms with Gasteiger partial charge in [-0.15, -0.1) is 0 Å². The normalized spacial score (nSPS) is 10.5. The molecule has 0 aromatic heterocycles. The van der Waals surface area contributed by atoms with Gasteiger partial charge in [-0.1, -0.05) is 0 Å². The van der Waals surface area contributed by atoms with Crippen molar-refractivity contribution in [2.24, 2.45) is 0 Å². The van der Waals surface area contributed by atoms with Crippen molar-refractivity contribution < 1.29 is 24.1 Å². The molecule has 0 bridgehead atoms. The van der Waals surface area contributed by atoms with Gasteiger partial charge in [0, 0.05) is 19.0 Å². The molecule has 1 amide bonds. The quantitative estimate of drug-likeness (QED) is 0.371. The van der Waals surface area contributed by atoms with Crippen LogP contribution in [0.5, 0.6) is 11.5 Å². The fraction of sp³-hybridized carbons (Fsp3) is 0.562. The van der Waals surface area contributed by atoms with Crippen LogP contribution in [0.4, 0.5) is 5.69 Å². The first kappa shape index (κ1) is 19.7. The lowest BCUT2D eigenvalue weighted by molar-refractivity contribution is -0.896. The number of amides is 1. The van der Waals surface area contributed by atoms with Gasteiger partial charge in [0.05, 0.1) is 44.8 Å². The number of rotatable bonds is 10. The van der Waals surface area contributed by atoms with Crippen molar-refractivity contribution in [1.82, 2.24) is 5.32 Å². The number of carbonyl (C=O) groups excluding carboxylic acids is 1. The molecule has 134 valence electrons. The van der Waals surface area contributed by atoms with Gasteiger partial charge in [0.25, 0.3) is 11.6 Å². The largest absolute Gasteiger partial charge is 0.493 e. The van der Waals surface area contributed by atoms with E-state index in [0.717, 1.165) is 26.1 Å². The summed E-state index contributed by atoms with van der Waals surface area (Å²) in [6, 6.07) is 2.54. The molecule has 2 N–H and O–H groups in total. The summed E-state index contributed by atoms with van der Waals surface area (Å²) in [5.74, 6) is 0.00363.